The molecule has 0 aliphatic heterocycles. The van der Waals surface area contributed by atoms with Crippen LogP contribution >= 0.6 is 0 Å². The fraction of sp³-hybridized carbons (Fsp3) is 0.130. The molecule has 0 spiro atoms. The van der Waals surface area contributed by atoms with Crippen LogP contribution in [-0.2, 0) is 26.5 Å². The van der Waals surface area contributed by atoms with Crippen molar-refractivity contribution in [3.05, 3.63) is 169 Å². The van der Waals surface area contributed by atoms with Crippen LogP contribution in [0.15, 0.2) is 150 Å². The number of furan rings is 1. The van der Waals surface area contributed by atoms with Gasteiger partial charge in [-0.3, -0.25) is 0 Å². The van der Waals surface area contributed by atoms with Crippen LogP contribution in [0, 0.1) is 24.4 Å². The summed E-state index contributed by atoms with van der Waals surface area (Å²) in [5.41, 5.74) is 9.43. The number of hydrogen-bond donors (Lipinski definition) is 0. The predicted octanol–water partition coefficient (Wildman–Crippen LogP) is 12.2. The Labute approximate surface area is 315 Å². The van der Waals surface area contributed by atoms with Crippen molar-refractivity contribution < 1.29 is 31.4 Å². The first-order valence-electron chi connectivity index (χ1n) is 18.7. The van der Waals surface area contributed by atoms with Crippen LogP contribution in [0.25, 0.3) is 66.7 Å². The molecular weight excluding hydrogens is 789 g/mol. The third-order valence-electron chi connectivity index (χ3n) is 8.05. The summed E-state index contributed by atoms with van der Waals surface area (Å²) >= 11 is 0. The van der Waals surface area contributed by atoms with E-state index in [0.29, 0.717) is 5.56 Å². The Morgan fingerprint density at radius 1 is 0.680 bits per heavy atom. The van der Waals surface area contributed by atoms with E-state index in [9.17, 15) is 0 Å². The Morgan fingerprint density at radius 3 is 2.20 bits per heavy atom. The Kier molecular flexibility index (Phi) is 8.70. The summed E-state index contributed by atoms with van der Waals surface area (Å²) in [5.74, 6) is 0. The number of rotatable bonds is 5. The van der Waals surface area contributed by atoms with Gasteiger partial charge >= 0.3 is 0 Å². The van der Waals surface area contributed by atoms with Crippen molar-refractivity contribution in [2.45, 2.75) is 34.0 Å². The van der Waals surface area contributed by atoms with Crippen molar-refractivity contribution in [2.75, 3.05) is 0 Å². The largest absolute Gasteiger partial charge is 0.500 e. The van der Waals surface area contributed by atoms with E-state index in [1.165, 1.54) is 6.20 Å². The first-order valence-corrected chi connectivity index (χ1v) is 16.2. The molecule has 3 nitrogen and oxygen atoms in total. The summed E-state index contributed by atoms with van der Waals surface area (Å²) in [5, 5.41) is 2.10. The van der Waals surface area contributed by atoms with Crippen LogP contribution in [0.5, 0.6) is 0 Å². The van der Waals surface area contributed by atoms with Gasteiger partial charge in [0.1, 0.15) is 5.58 Å². The van der Waals surface area contributed by atoms with Gasteiger partial charge in [-0.05, 0) is 63.9 Å². The fourth-order valence-electron chi connectivity index (χ4n) is 5.83. The molecule has 4 heteroatoms. The van der Waals surface area contributed by atoms with Gasteiger partial charge in [0.2, 0.25) is 0 Å². The van der Waals surface area contributed by atoms with Gasteiger partial charge in [-0.2, -0.15) is 0 Å². The molecule has 0 aliphatic rings. The van der Waals surface area contributed by atoms with Gasteiger partial charge < -0.3 is 14.4 Å². The van der Waals surface area contributed by atoms with E-state index in [1.54, 1.807) is 24.4 Å². The third kappa shape index (κ3) is 7.84. The molecule has 0 aliphatic carbocycles. The number of para-hydroxylation sites is 1. The molecule has 0 unspecified atom stereocenters. The maximum atomic E-state index is 8.57. The smallest absolute Gasteiger partial charge is 0.128 e. The van der Waals surface area contributed by atoms with Crippen molar-refractivity contribution >= 4 is 21.9 Å². The molecule has 8 rings (SSSR count). The van der Waals surface area contributed by atoms with E-state index in [0.717, 1.165) is 66.7 Å². The van der Waals surface area contributed by atoms with Crippen molar-refractivity contribution in [1.82, 2.24) is 9.97 Å². The van der Waals surface area contributed by atoms with Gasteiger partial charge in [0.15, 0.2) is 0 Å². The zero-order valence-electron chi connectivity index (χ0n) is 33.0. The van der Waals surface area contributed by atoms with Gasteiger partial charge in [-0.1, -0.05) is 123 Å². The predicted molar refractivity (Wildman–Crippen MR) is 203 cm³/mol. The zero-order valence-corrected chi connectivity index (χ0v) is 30.4. The van der Waals surface area contributed by atoms with Crippen LogP contribution in [0.4, 0.5) is 0 Å². The summed E-state index contributed by atoms with van der Waals surface area (Å²) in [6, 6.07) is 49.4. The van der Waals surface area contributed by atoms with Crippen LogP contribution in [0.2, 0.25) is 0 Å². The van der Waals surface area contributed by atoms with Gasteiger partial charge in [0, 0.05) is 50.3 Å². The molecule has 0 atom stereocenters. The van der Waals surface area contributed by atoms with Gasteiger partial charge in [0.25, 0.3) is 0 Å². The van der Waals surface area contributed by atoms with Gasteiger partial charge in [-0.15, -0.1) is 54.1 Å². The molecule has 0 fully saturated rings. The Morgan fingerprint density at radius 2 is 1.48 bits per heavy atom. The maximum absolute atomic E-state index is 8.57. The number of pyridine rings is 2. The second-order valence-electron chi connectivity index (χ2n) is 12.8. The first-order chi connectivity index (χ1) is 25.8. The minimum Gasteiger partial charge on any atom is -0.500 e. The van der Waals surface area contributed by atoms with Crippen molar-refractivity contribution in [2.24, 2.45) is 5.41 Å². The Balaban J connectivity index is 0.000000254. The number of aryl methyl sites for hydroxylation is 1. The maximum Gasteiger partial charge on any atom is 0.128 e. The van der Waals surface area contributed by atoms with E-state index in [-0.39, 0.29) is 25.7 Å². The standard InChI is InChI=1S/C34H28NO.C12H10N.Ir/c1-34(2,3)22-23-15-17-24(18-16-23)26-19-20-35-31(21-26)30-14-8-13-29-28-12-7-11-27(32(28)36-33(29)30)25-9-5-4-6-10-25;1-10-7-8-12(13-9-10)11-5-3-2-4-6-11;/h4-13,15-21H,22H2,1-3H3;2-5,7-9H,1H3;/q2*-1;/i22D2;1D3;. The molecule has 0 N–H and O–H groups in total. The molecule has 0 saturated carbocycles. The minimum absolute atomic E-state index is 0. The second kappa shape index (κ2) is 15.2. The van der Waals surface area contributed by atoms with Crippen LogP contribution in [0.3, 0.4) is 0 Å². The number of aromatic nitrogens is 2. The SMILES string of the molecule is [2H]C([2H])([2H])c1ccc(-c2[c-]cccc2)nc1.[2H]C([2H])(c1ccc(-c2ccnc(-c3[c-]ccc4c3oc3c(-c5ccccc5)cccc34)c2)cc1)C(C)(C)C.[Ir]. The monoisotopic (exact) mass is 832 g/mol. The number of nitrogens with zero attached hydrogens (tertiary/aromatic N) is 2. The molecule has 0 saturated heterocycles. The van der Waals surface area contributed by atoms with Crippen molar-refractivity contribution in [3.63, 3.8) is 0 Å². The zero-order chi connectivity index (χ0) is 38.1. The molecule has 3 heterocycles. The van der Waals surface area contributed by atoms with Crippen LogP contribution in [0.1, 0.15) is 38.8 Å². The molecule has 0 bridgehead atoms. The normalized spacial score (nSPS) is 13.1. The molecule has 8 aromatic rings. The van der Waals surface area contributed by atoms with Gasteiger partial charge in [0.05, 0.1) is 5.58 Å². The van der Waals surface area contributed by atoms with E-state index < -0.39 is 18.6 Å². The third-order valence-corrected chi connectivity index (χ3v) is 8.05. The Bertz CT molecular complexity index is 2530. The molecule has 3 aromatic heterocycles. The summed E-state index contributed by atoms with van der Waals surface area (Å²) in [6.07, 6.45) is 1.76. The quantitative estimate of drug-likeness (QED) is 0.162. The van der Waals surface area contributed by atoms with E-state index in [2.05, 4.69) is 52.4 Å². The topological polar surface area (TPSA) is 38.9 Å². The average molecular weight is 832 g/mol. The summed E-state index contributed by atoms with van der Waals surface area (Å²) in [7, 11) is 0. The van der Waals surface area contributed by atoms with Crippen molar-refractivity contribution in [1.29, 1.82) is 0 Å². The number of benzene rings is 5. The van der Waals surface area contributed by atoms with E-state index in [4.69, 9.17) is 11.3 Å². The Hall–Kier alpha value is -5.15. The van der Waals surface area contributed by atoms with E-state index in [1.807, 2.05) is 106 Å². The molecular formula is C46H38IrN2O-2. The number of fused-ring (bicyclic) bond motifs is 3. The summed E-state index contributed by atoms with van der Waals surface area (Å²) in [4.78, 5) is 8.80. The average Bonchev–Trinajstić information content (AvgIpc) is 3.58. The van der Waals surface area contributed by atoms with Crippen LogP contribution in [-0.4, -0.2) is 9.97 Å². The molecule has 0 amide bonds. The molecule has 50 heavy (non-hydrogen) atoms. The molecule has 249 valence electrons. The summed E-state index contributed by atoms with van der Waals surface area (Å²) in [6.45, 7) is 3.68. The number of hydrogen-bond acceptors (Lipinski definition) is 3. The molecule has 5 aromatic carbocycles. The summed E-state index contributed by atoms with van der Waals surface area (Å²) < 4.78 is 45.4. The first kappa shape index (κ1) is 28.7. The van der Waals surface area contributed by atoms with Crippen molar-refractivity contribution in [3.8, 4) is 44.8 Å². The fourth-order valence-corrected chi connectivity index (χ4v) is 5.83. The molecule has 1 radical (unpaired) electrons. The van der Waals surface area contributed by atoms with Crippen LogP contribution < -0.4 is 0 Å². The second-order valence-corrected chi connectivity index (χ2v) is 12.8. The van der Waals surface area contributed by atoms with Gasteiger partial charge in [-0.25, -0.2) is 0 Å². The minimum atomic E-state index is -2.09. The van der Waals surface area contributed by atoms with E-state index >= 15 is 0 Å².